The van der Waals surface area contributed by atoms with Gasteiger partial charge >= 0.3 is 0 Å². The number of aromatic nitrogens is 2. The predicted molar refractivity (Wildman–Crippen MR) is 76.7 cm³/mol. The lowest BCUT2D eigenvalue weighted by molar-refractivity contribution is 0.0772. The molecule has 1 atom stereocenters. The Hall–Kier alpha value is -1.69. The highest BCUT2D eigenvalue weighted by Gasteiger charge is 2.16. The minimum Gasteiger partial charge on any atom is -0.376 e. The van der Waals surface area contributed by atoms with Gasteiger partial charge in [-0.2, -0.15) is 0 Å². The number of hydrogen-bond donors (Lipinski definition) is 1. The number of carbonyl (C=O) groups excluding carboxylic acids is 1. The highest BCUT2D eigenvalue weighted by atomic mass is 16.5. The van der Waals surface area contributed by atoms with Gasteiger partial charge in [-0.25, -0.2) is 9.97 Å². The molecule has 1 saturated heterocycles. The highest BCUT2D eigenvalue weighted by Crippen LogP contribution is 2.12. The van der Waals surface area contributed by atoms with E-state index >= 15 is 0 Å². The topological polar surface area (TPSA) is 67.4 Å². The van der Waals surface area contributed by atoms with Crippen LogP contribution in [0.25, 0.3) is 0 Å². The first kappa shape index (κ1) is 14.7. The fourth-order valence-corrected chi connectivity index (χ4v) is 2.23. The molecule has 2 rings (SSSR count). The SMILES string of the molecule is CCN(CC)C(=O)c1cnc(NCC2CCCO2)nc1. The Morgan fingerprint density at radius 3 is 2.65 bits per heavy atom. The average molecular weight is 278 g/mol. The van der Waals surface area contributed by atoms with E-state index in [-0.39, 0.29) is 12.0 Å². The lowest BCUT2D eigenvalue weighted by Gasteiger charge is -2.18. The lowest BCUT2D eigenvalue weighted by Crippen LogP contribution is -2.30. The molecule has 1 amide bonds. The third kappa shape index (κ3) is 3.66. The molecule has 1 fully saturated rings. The van der Waals surface area contributed by atoms with E-state index in [1.54, 1.807) is 17.3 Å². The van der Waals surface area contributed by atoms with Gasteiger partial charge in [0.25, 0.3) is 5.91 Å². The number of ether oxygens (including phenoxy) is 1. The molecule has 1 N–H and O–H groups in total. The van der Waals surface area contributed by atoms with Crippen molar-refractivity contribution in [1.82, 2.24) is 14.9 Å². The largest absolute Gasteiger partial charge is 0.376 e. The standard InChI is InChI=1S/C14H22N4O2/c1-3-18(4-2)13(19)11-8-15-14(16-9-11)17-10-12-6-5-7-20-12/h8-9,12H,3-7,10H2,1-2H3,(H,15,16,17). The van der Waals surface area contributed by atoms with E-state index in [0.717, 1.165) is 19.4 Å². The molecule has 0 saturated carbocycles. The minimum absolute atomic E-state index is 0.0272. The van der Waals surface area contributed by atoms with Gasteiger partial charge < -0.3 is 15.0 Å². The molecule has 0 radical (unpaired) electrons. The number of amides is 1. The quantitative estimate of drug-likeness (QED) is 0.855. The summed E-state index contributed by atoms with van der Waals surface area (Å²) >= 11 is 0. The zero-order valence-electron chi connectivity index (χ0n) is 12.1. The molecule has 0 aromatic carbocycles. The summed E-state index contributed by atoms with van der Waals surface area (Å²) in [6.07, 6.45) is 5.59. The van der Waals surface area contributed by atoms with Crippen LogP contribution in [-0.2, 0) is 4.74 Å². The van der Waals surface area contributed by atoms with Gasteiger partial charge in [0.15, 0.2) is 0 Å². The van der Waals surface area contributed by atoms with Crippen LogP contribution in [0.1, 0.15) is 37.0 Å². The first-order valence-corrected chi connectivity index (χ1v) is 7.21. The molecule has 20 heavy (non-hydrogen) atoms. The van der Waals surface area contributed by atoms with Crippen LogP contribution in [0.2, 0.25) is 0 Å². The fourth-order valence-electron chi connectivity index (χ4n) is 2.23. The second kappa shape index (κ2) is 7.19. The second-order valence-corrected chi connectivity index (χ2v) is 4.79. The summed E-state index contributed by atoms with van der Waals surface area (Å²) in [4.78, 5) is 22.2. The summed E-state index contributed by atoms with van der Waals surface area (Å²) in [6, 6.07) is 0. The number of nitrogens with one attached hydrogen (secondary N) is 1. The van der Waals surface area contributed by atoms with Crippen molar-refractivity contribution < 1.29 is 9.53 Å². The normalized spacial score (nSPS) is 18.0. The number of anilines is 1. The van der Waals surface area contributed by atoms with Gasteiger partial charge in [0, 0.05) is 38.6 Å². The van der Waals surface area contributed by atoms with E-state index < -0.39 is 0 Å². The van der Waals surface area contributed by atoms with Crippen LogP contribution in [0.3, 0.4) is 0 Å². The smallest absolute Gasteiger partial charge is 0.256 e. The minimum atomic E-state index is -0.0272. The maximum atomic E-state index is 12.1. The van der Waals surface area contributed by atoms with Crippen molar-refractivity contribution in [3.05, 3.63) is 18.0 Å². The van der Waals surface area contributed by atoms with Crippen LogP contribution in [0.4, 0.5) is 5.95 Å². The van der Waals surface area contributed by atoms with E-state index in [0.29, 0.717) is 31.1 Å². The Labute approximate surface area is 119 Å². The molecule has 2 heterocycles. The third-order valence-electron chi connectivity index (χ3n) is 3.46. The molecule has 110 valence electrons. The lowest BCUT2D eigenvalue weighted by atomic mass is 10.2. The van der Waals surface area contributed by atoms with Crippen molar-refractivity contribution in [1.29, 1.82) is 0 Å². The van der Waals surface area contributed by atoms with Crippen molar-refractivity contribution in [3.63, 3.8) is 0 Å². The Kier molecular flexibility index (Phi) is 5.29. The first-order valence-electron chi connectivity index (χ1n) is 7.21. The van der Waals surface area contributed by atoms with E-state index in [1.807, 2.05) is 13.8 Å². The molecular formula is C14H22N4O2. The monoisotopic (exact) mass is 278 g/mol. The zero-order valence-corrected chi connectivity index (χ0v) is 12.1. The summed E-state index contributed by atoms with van der Waals surface area (Å²) in [5.74, 6) is 0.511. The van der Waals surface area contributed by atoms with Gasteiger partial charge in [0.1, 0.15) is 0 Å². The van der Waals surface area contributed by atoms with Crippen LogP contribution < -0.4 is 5.32 Å². The van der Waals surface area contributed by atoms with Crippen LogP contribution in [0.15, 0.2) is 12.4 Å². The molecule has 0 bridgehead atoms. The Bertz CT molecular complexity index is 425. The number of rotatable bonds is 6. The van der Waals surface area contributed by atoms with Crippen molar-refractivity contribution >= 4 is 11.9 Å². The van der Waals surface area contributed by atoms with E-state index in [1.165, 1.54) is 0 Å². The summed E-state index contributed by atoms with van der Waals surface area (Å²) in [5, 5.41) is 3.14. The van der Waals surface area contributed by atoms with Gasteiger partial charge in [-0.15, -0.1) is 0 Å². The maximum Gasteiger partial charge on any atom is 0.256 e. The molecule has 0 aliphatic carbocycles. The highest BCUT2D eigenvalue weighted by molar-refractivity contribution is 5.93. The zero-order chi connectivity index (χ0) is 14.4. The molecule has 1 aromatic rings. The predicted octanol–water partition coefficient (Wildman–Crippen LogP) is 1.55. The molecule has 1 aliphatic rings. The van der Waals surface area contributed by atoms with E-state index in [2.05, 4.69) is 15.3 Å². The van der Waals surface area contributed by atoms with Crippen molar-refractivity contribution in [2.75, 3.05) is 31.6 Å². The van der Waals surface area contributed by atoms with Crippen molar-refractivity contribution in [3.8, 4) is 0 Å². The molecule has 6 heteroatoms. The van der Waals surface area contributed by atoms with Crippen molar-refractivity contribution in [2.45, 2.75) is 32.8 Å². The molecule has 6 nitrogen and oxygen atoms in total. The number of hydrogen-bond acceptors (Lipinski definition) is 5. The van der Waals surface area contributed by atoms with E-state index in [4.69, 9.17) is 4.74 Å². The van der Waals surface area contributed by atoms with Gasteiger partial charge in [0.05, 0.1) is 11.7 Å². The Morgan fingerprint density at radius 1 is 1.40 bits per heavy atom. The second-order valence-electron chi connectivity index (χ2n) is 4.79. The molecule has 1 unspecified atom stereocenters. The van der Waals surface area contributed by atoms with Gasteiger partial charge in [-0.3, -0.25) is 4.79 Å². The Balaban J connectivity index is 1.90. The number of carbonyl (C=O) groups is 1. The summed E-state index contributed by atoms with van der Waals surface area (Å²) in [7, 11) is 0. The summed E-state index contributed by atoms with van der Waals surface area (Å²) in [5.41, 5.74) is 0.524. The maximum absolute atomic E-state index is 12.1. The third-order valence-corrected chi connectivity index (χ3v) is 3.46. The van der Waals surface area contributed by atoms with Gasteiger partial charge in [-0.05, 0) is 26.7 Å². The van der Waals surface area contributed by atoms with Gasteiger partial charge in [0.2, 0.25) is 5.95 Å². The van der Waals surface area contributed by atoms with Crippen LogP contribution >= 0.6 is 0 Å². The summed E-state index contributed by atoms with van der Waals surface area (Å²) in [6.45, 7) is 6.84. The van der Waals surface area contributed by atoms with Crippen molar-refractivity contribution in [2.24, 2.45) is 0 Å². The molecule has 0 spiro atoms. The Morgan fingerprint density at radius 2 is 2.10 bits per heavy atom. The molecule has 1 aromatic heterocycles. The number of nitrogens with zero attached hydrogens (tertiary/aromatic N) is 3. The summed E-state index contributed by atoms with van der Waals surface area (Å²) < 4.78 is 5.52. The molecule has 1 aliphatic heterocycles. The average Bonchev–Trinajstić information content (AvgIpc) is 3.00. The van der Waals surface area contributed by atoms with E-state index in [9.17, 15) is 4.79 Å². The fraction of sp³-hybridized carbons (Fsp3) is 0.643. The van der Waals surface area contributed by atoms with Crippen LogP contribution in [0.5, 0.6) is 0 Å². The van der Waals surface area contributed by atoms with Crippen LogP contribution in [-0.4, -0.2) is 53.1 Å². The van der Waals surface area contributed by atoms with Crippen LogP contribution in [0, 0.1) is 0 Å². The first-order chi connectivity index (χ1) is 9.74. The molecular weight excluding hydrogens is 256 g/mol. The van der Waals surface area contributed by atoms with Gasteiger partial charge in [-0.1, -0.05) is 0 Å².